The molecule has 1 unspecified atom stereocenters. The summed E-state index contributed by atoms with van der Waals surface area (Å²) in [6, 6.07) is 6.99. The molecule has 2 aliphatic rings. The van der Waals surface area contributed by atoms with E-state index in [4.69, 9.17) is 11.6 Å². The number of anilines is 1. The quantitative estimate of drug-likeness (QED) is 0.751. The lowest BCUT2D eigenvalue weighted by molar-refractivity contribution is 0.133. The number of nitrogens with zero attached hydrogens (tertiary/aromatic N) is 2. The van der Waals surface area contributed by atoms with Crippen molar-refractivity contribution in [2.45, 2.75) is 30.6 Å². The normalized spacial score (nSPS) is 24.3. The van der Waals surface area contributed by atoms with Crippen molar-refractivity contribution in [3.05, 3.63) is 28.8 Å². The van der Waals surface area contributed by atoms with E-state index in [0.717, 1.165) is 29.5 Å². The highest BCUT2D eigenvalue weighted by molar-refractivity contribution is 9.08. The predicted molar refractivity (Wildman–Crippen MR) is 85.5 cm³/mol. The molecule has 1 aromatic carbocycles. The fraction of sp³-hybridized carbons (Fsp3) is 0.600. The lowest BCUT2D eigenvalue weighted by Gasteiger charge is -2.45. The van der Waals surface area contributed by atoms with Crippen LogP contribution in [0.15, 0.2) is 18.2 Å². The highest BCUT2D eigenvalue weighted by Crippen LogP contribution is 2.30. The third-order valence-electron chi connectivity index (χ3n) is 4.37. The molecule has 0 amide bonds. The second-order valence-corrected chi connectivity index (χ2v) is 6.54. The highest BCUT2D eigenvalue weighted by atomic mass is 79.9. The number of hydrogen-bond donors (Lipinski definition) is 0. The molecule has 0 bridgehead atoms. The lowest BCUT2D eigenvalue weighted by atomic mass is 9.99. The van der Waals surface area contributed by atoms with Gasteiger partial charge in [-0.15, -0.1) is 0 Å². The van der Waals surface area contributed by atoms with Crippen molar-refractivity contribution >= 4 is 33.2 Å². The highest BCUT2D eigenvalue weighted by Gasteiger charge is 2.29. The molecule has 19 heavy (non-hydrogen) atoms. The second kappa shape index (κ2) is 6.02. The summed E-state index contributed by atoms with van der Waals surface area (Å²) >= 11 is 9.77. The largest absolute Gasteiger partial charge is 0.368 e. The van der Waals surface area contributed by atoms with Crippen LogP contribution in [-0.2, 0) is 5.33 Å². The smallest absolute Gasteiger partial charge is 0.0426 e. The van der Waals surface area contributed by atoms with Gasteiger partial charge >= 0.3 is 0 Å². The summed E-state index contributed by atoms with van der Waals surface area (Å²) in [5.74, 6) is 0. The summed E-state index contributed by atoms with van der Waals surface area (Å²) in [7, 11) is 0. The Morgan fingerprint density at radius 2 is 2.11 bits per heavy atom. The monoisotopic (exact) mass is 342 g/mol. The van der Waals surface area contributed by atoms with Gasteiger partial charge in [-0.05, 0) is 37.1 Å². The first-order chi connectivity index (χ1) is 9.28. The Morgan fingerprint density at radius 1 is 1.21 bits per heavy atom. The average Bonchev–Trinajstić information content (AvgIpc) is 2.46. The van der Waals surface area contributed by atoms with Crippen molar-refractivity contribution in [1.29, 1.82) is 0 Å². The molecule has 3 rings (SSSR count). The van der Waals surface area contributed by atoms with Gasteiger partial charge in [0.05, 0.1) is 0 Å². The summed E-state index contributed by atoms with van der Waals surface area (Å²) in [6.45, 7) is 4.76. The van der Waals surface area contributed by atoms with Crippen LogP contribution in [0.2, 0.25) is 5.02 Å². The maximum atomic E-state index is 6.18. The van der Waals surface area contributed by atoms with Crippen molar-refractivity contribution in [2.24, 2.45) is 0 Å². The standard InChI is InChI=1S/C15H20BrClN2/c16-10-12-4-5-13(17)9-15(12)19-8-7-18-6-2-1-3-14(18)11-19/h4-5,9,14H,1-3,6-8,10-11H2. The Morgan fingerprint density at radius 3 is 2.95 bits per heavy atom. The van der Waals surface area contributed by atoms with Gasteiger partial charge in [-0.25, -0.2) is 0 Å². The fourth-order valence-electron chi connectivity index (χ4n) is 3.32. The van der Waals surface area contributed by atoms with Crippen LogP contribution in [0.5, 0.6) is 0 Å². The molecule has 0 radical (unpaired) electrons. The van der Waals surface area contributed by atoms with E-state index in [0.29, 0.717) is 0 Å². The van der Waals surface area contributed by atoms with Crippen molar-refractivity contribution in [3.8, 4) is 0 Å². The average molecular weight is 344 g/mol. The molecule has 1 atom stereocenters. The molecular formula is C15H20BrClN2. The van der Waals surface area contributed by atoms with Crippen LogP contribution in [0.25, 0.3) is 0 Å². The fourth-order valence-corrected chi connectivity index (χ4v) is 3.96. The zero-order chi connectivity index (χ0) is 13.2. The number of hydrogen-bond acceptors (Lipinski definition) is 2. The first-order valence-corrected chi connectivity index (χ1v) is 8.61. The maximum absolute atomic E-state index is 6.18. The van der Waals surface area contributed by atoms with Gasteiger partial charge in [-0.2, -0.15) is 0 Å². The molecule has 0 N–H and O–H groups in total. The van der Waals surface area contributed by atoms with E-state index < -0.39 is 0 Å². The van der Waals surface area contributed by atoms with Crippen molar-refractivity contribution < 1.29 is 0 Å². The summed E-state index contributed by atoms with van der Waals surface area (Å²) in [5, 5.41) is 1.73. The third-order valence-corrected chi connectivity index (χ3v) is 5.21. The molecule has 0 saturated carbocycles. The Labute approximate surface area is 128 Å². The van der Waals surface area contributed by atoms with Gasteiger partial charge in [0, 0.05) is 41.7 Å². The minimum Gasteiger partial charge on any atom is -0.368 e. The van der Waals surface area contributed by atoms with Crippen molar-refractivity contribution in [2.75, 3.05) is 31.1 Å². The van der Waals surface area contributed by atoms with E-state index in [1.54, 1.807) is 0 Å². The molecule has 104 valence electrons. The molecule has 4 heteroatoms. The van der Waals surface area contributed by atoms with Crippen LogP contribution in [0, 0.1) is 0 Å². The minimum absolute atomic E-state index is 0.740. The Kier molecular flexibility index (Phi) is 4.35. The van der Waals surface area contributed by atoms with E-state index in [9.17, 15) is 0 Å². The van der Waals surface area contributed by atoms with E-state index >= 15 is 0 Å². The summed E-state index contributed by atoms with van der Waals surface area (Å²) in [4.78, 5) is 5.19. The predicted octanol–water partition coefficient (Wildman–Crippen LogP) is 3.91. The first kappa shape index (κ1) is 13.7. The summed E-state index contributed by atoms with van der Waals surface area (Å²) < 4.78 is 0. The molecule has 2 saturated heterocycles. The number of piperazine rings is 1. The SMILES string of the molecule is Clc1ccc(CBr)c(N2CCN3CCCCC3C2)c1. The van der Waals surface area contributed by atoms with Gasteiger partial charge in [-0.1, -0.05) is 40.0 Å². The molecule has 2 nitrogen and oxygen atoms in total. The van der Waals surface area contributed by atoms with E-state index in [1.165, 1.54) is 43.6 Å². The van der Waals surface area contributed by atoms with E-state index in [2.05, 4.69) is 37.9 Å². The minimum atomic E-state index is 0.740. The molecule has 0 spiro atoms. The molecule has 2 heterocycles. The number of alkyl halides is 1. The molecule has 0 aliphatic carbocycles. The topological polar surface area (TPSA) is 6.48 Å². The van der Waals surface area contributed by atoms with Crippen LogP contribution in [0.3, 0.4) is 0 Å². The van der Waals surface area contributed by atoms with Gasteiger partial charge in [0.1, 0.15) is 0 Å². The third kappa shape index (κ3) is 2.93. The van der Waals surface area contributed by atoms with Gasteiger partial charge < -0.3 is 4.90 Å². The van der Waals surface area contributed by atoms with Gasteiger partial charge in [0.25, 0.3) is 0 Å². The van der Waals surface area contributed by atoms with Crippen LogP contribution < -0.4 is 4.90 Å². The van der Waals surface area contributed by atoms with Crippen molar-refractivity contribution in [3.63, 3.8) is 0 Å². The molecular weight excluding hydrogens is 324 g/mol. The lowest BCUT2D eigenvalue weighted by Crippen LogP contribution is -2.55. The Bertz CT molecular complexity index is 452. The zero-order valence-corrected chi connectivity index (χ0v) is 13.5. The molecule has 0 aromatic heterocycles. The molecule has 2 aliphatic heterocycles. The number of fused-ring (bicyclic) bond motifs is 1. The molecule has 1 aromatic rings. The zero-order valence-electron chi connectivity index (χ0n) is 11.1. The van der Waals surface area contributed by atoms with Crippen LogP contribution in [-0.4, -0.2) is 37.1 Å². The van der Waals surface area contributed by atoms with Gasteiger partial charge in [-0.3, -0.25) is 4.90 Å². The molecule has 2 fully saturated rings. The second-order valence-electron chi connectivity index (χ2n) is 5.54. The number of benzene rings is 1. The van der Waals surface area contributed by atoms with E-state index in [1.807, 2.05) is 6.07 Å². The maximum Gasteiger partial charge on any atom is 0.0426 e. The van der Waals surface area contributed by atoms with E-state index in [-0.39, 0.29) is 0 Å². The first-order valence-electron chi connectivity index (χ1n) is 7.11. The van der Waals surface area contributed by atoms with Gasteiger partial charge in [0.2, 0.25) is 0 Å². The van der Waals surface area contributed by atoms with Crippen LogP contribution in [0.4, 0.5) is 5.69 Å². The van der Waals surface area contributed by atoms with Gasteiger partial charge in [0.15, 0.2) is 0 Å². The summed E-state index contributed by atoms with van der Waals surface area (Å²) in [6.07, 6.45) is 4.11. The Balaban J connectivity index is 1.80. The van der Waals surface area contributed by atoms with Crippen molar-refractivity contribution in [1.82, 2.24) is 4.90 Å². The Hall–Kier alpha value is -0.250. The number of piperidine rings is 1. The van der Waals surface area contributed by atoms with Crippen LogP contribution in [0.1, 0.15) is 24.8 Å². The number of rotatable bonds is 2. The van der Waals surface area contributed by atoms with Crippen LogP contribution >= 0.6 is 27.5 Å². The number of halogens is 2. The summed E-state index contributed by atoms with van der Waals surface area (Å²) in [5.41, 5.74) is 2.66.